The van der Waals surface area contributed by atoms with Gasteiger partial charge in [-0.15, -0.1) is 0 Å². The smallest absolute Gasteiger partial charge is 0.257 e. The largest absolute Gasteiger partial charge is 0.309 e. The van der Waals surface area contributed by atoms with E-state index >= 15 is 4.39 Å². The van der Waals surface area contributed by atoms with Gasteiger partial charge in [-0.05, 0) is 6.92 Å². The van der Waals surface area contributed by atoms with Gasteiger partial charge < -0.3 is 4.57 Å². The number of alkyl halides is 1. The first-order valence-electron chi connectivity index (χ1n) is 10.0. The fourth-order valence-electron chi connectivity index (χ4n) is 3.79. The van der Waals surface area contributed by atoms with Crippen LogP contribution in [-0.4, -0.2) is 5.78 Å². The molecule has 4 aromatic carbocycles. The van der Waals surface area contributed by atoms with Crippen LogP contribution >= 0.6 is 7.14 Å². The van der Waals surface area contributed by atoms with Crippen molar-refractivity contribution < 1.29 is 13.8 Å². The number of carbonyl (C=O) groups excluding carboxylic acids is 1. The minimum Gasteiger partial charge on any atom is -0.309 e. The van der Waals surface area contributed by atoms with Gasteiger partial charge >= 0.3 is 0 Å². The third kappa shape index (κ3) is 3.56. The van der Waals surface area contributed by atoms with Gasteiger partial charge in [0.1, 0.15) is 0 Å². The zero-order valence-corrected chi connectivity index (χ0v) is 18.0. The maximum Gasteiger partial charge on any atom is 0.257 e. The summed E-state index contributed by atoms with van der Waals surface area (Å²) in [7, 11) is -4.12. The minimum atomic E-state index is -4.12. The van der Waals surface area contributed by atoms with E-state index < -0.39 is 18.3 Å². The molecule has 0 bridgehead atoms. The summed E-state index contributed by atoms with van der Waals surface area (Å²) in [6, 6.07) is 31.8. The van der Waals surface area contributed by atoms with Crippen molar-refractivity contribution >= 4 is 23.5 Å². The lowest BCUT2D eigenvalue weighted by Gasteiger charge is -2.34. The number of Topliss-reactive ketones (excluding diaryl/α,β-unsaturated/α-hetero) is 1. The van der Waals surface area contributed by atoms with E-state index in [-0.39, 0.29) is 11.1 Å². The molecule has 0 aliphatic heterocycles. The summed E-state index contributed by atoms with van der Waals surface area (Å²) in [5.74, 6) is -0.810. The quantitative estimate of drug-likeness (QED) is 0.278. The Labute approximate surface area is 181 Å². The van der Waals surface area contributed by atoms with Crippen LogP contribution in [0.2, 0.25) is 0 Å². The van der Waals surface area contributed by atoms with Gasteiger partial charge in [-0.25, -0.2) is 4.39 Å². The number of hydrogen-bond donors (Lipinski definition) is 0. The normalized spacial score (nSPS) is 13.4. The van der Waals surface area contributed by atoms with Crippen LogP contribution in [0.1, 0.15) is 21.5 Å². The average Bonchev–Trinajstić information content (AvgIpc) is 2.84. The van der Waals surface area contributed by atoms with Crippen molar-refractivity contribution in [1.29, 1.82) is 0 Å². The monoisotopic (exact) mass is 428 g/mol. The second kappa shape index (κ2) is 8.45. The van der Waals surface area contributed by atoms with E-state index in [1.165, 1.54) is 12.1 Å². The molecular weight excluding hydrogens is 406 g/mol. The van der Waals surface area contributed by atoms with E-state index in [2.05, 4.69) is 0 Å². The van der Waals surface area contributed by atoms with E-state index in [9.17, 15) is 9.36 Å². The second-order valence-electron chi connectivity index (χ2n) is 7.46. The Hall–Kier alpha value is -3.29. The highest BCUT2D eigenvalue weighted by Crippen LogP contribution is 2.63. The van der Waals surface area contributed by atoms with Crippen molar-refractivity contribution in [3.63, 3.8) is 0 Å². The molecule has 154 valence electrons. The highest BCUT2D eigenvalue weighted by Gasteiger charge is 2.58. The van der Waals surface area contributed by atoms with Crippen LogP contribution < -0.4 is 10.6 Å². The zero-order valence-electron chi connectivity index (χ0n) is 17.1. The van der Waals surface area contributed by atoms with Crippen LogP contribution in [0.15, 0.2) is 115 Å². The minimum absolute atomic E-state index is 0.0802. The first kappa shape index (κ1) is 21.0. The average molecular weight is 428 g/mol. The van der Waals surface area contributed by atoms with Gasteiger partial charge in [0.25, 0.3) is 5.41 Å². The van der Waals surface area contributed by atoms with Crippen LogP contribution in [-0.2, 0) is 9.97 Å². The van der Waals surface area contributed by atoms with Crippen molar-refractivity contribution in [2.75, 3.05) is 0 Å². The molecule has 31 heavy (non-hydrogen) atoms. The van der Waals surface area contributed by atoms with Gasteiger partial charge in [-0.2, -0.15) is 0 Å². The number of benzene rings is 4. The molecule has 0 unspecified atom stereocenters. The lowest BCUT2D eigenvalue weighted by atomic mass is 9.99. The van der Waals surface area contributed by atoms with E-state index in [0.29, 0.717) is 10.6 Å². The lowest BCUT2D eigenvalue weighted by Crippen LogP contribution is -2.39. The van der Waals surface area contributed by atoms with E-state index in [0.717, 1.165) is 5.56 Å². The number of carbonyl (C=O) groups is 1. The summed E-state index contributed by atoms with van der Waals surface area (Å²) in [6.07, 6.45) is 0. The number of aryl methyl sites for hydroxylation is 1. The molecule has 0 radical (unpaired) electrons. The molecule has 0 amide bonds. The third-order valence-corrected chi connectivity index (χ3v) is 8.82. The molecule has 2 nitrogen and oxygen atoms in total. The standard InChI is InChI=1S/C27H22FO2P/c1-21-17-19-22(20-18-21)26(29)27(28,23-11-5-2-6-12-23)31(30,24-13-7-3-8-14-24)25-15-9-4-10-16-25/h2-20H,1H3/t27-/m0/s1. The highest BCUT2D eigenvalue weighted by molar-refractivity contribution is 7.80. The Morgan fingerprint density at radius 1 is 0.677 bits per heavy atom. The second-order valence-corrected chi connectivity index (χ2v) is 10.3. The SMILES string of the molecule is Cc1ccc(C(=O)[C@](F)(c2ccccc2)P(=O)(c2ccccc2)c2ccccc2)cc1. The van der Waals surface area contributed by atoms with Crippen LogP contribution in [0.5, 0.6) is 0 Å². The Morgan fingerprint density at radius 3 is 1.55 bits per heavy atom. The summed E-state index contributed by atoms with van der Waals surface area (Å²) in [5, 5.41) is -2.17. The summed E-state index contributed by atoms with van der Waals surface area (Å²) in [6.45, 7) is 1.90. The summed E-state index contributed by atoms with van der Waals surface area (Å²) in [5.41, 5.74) is 1.22. The van der Waals surface area contributed by atoms with Crippen molar-refractivity contribution in [1.82, 2.24) is 0 Å². The zero-order chi connectivity index (χ0) is 21.9. The molecule has 0 aromatic heterocycles. The predicted octanol–water partition coefficient (Wildman–Crippen LogP) is 6.01. The van der Waals surface area contributed by atoms with E-state index in [4.69, 9.17) is 0 Å². The maximum atomic E-state index is 17.5. The van der Waals surface area contributed by atoms with Crippen molar-refractivity contribution in [3.05, 3.63) is 132 Å². The number of halogens is 1. The molecule has 0 saturated heterocycles. The molecule has 4 heteroatoms. The molecule has 0 spiro atoms. The molecule has 0 saturated carbocycles. The van der Waals surface area contributed by atoms with Gasteiger partial charge in [0.2, 0.25) is 5.78 Å². The van der Waals surface area contributed by atoms with Crippen LogP contribution in [0.3, 0.4) is 0 Å². The first-order chi connectivity index (χ1) is 15.0. The van der Waals surface area contributed by atoms with Crippen molar-refractivity contribution in [2.24, 2.45) is 0 Å². The van der Waals surface area contributed by atoms with Crippen LogP contribution in [0.25, 0.3) is 0 Å². The molecule has 0 heterocycles. The molecule has 0 N–H and O–H groups in total. The topological polar surface area (TPSA) is 34.1 Å². The maximum absolute atomic E-state index is 17.5. The predicted molar refractivity (Wildman–Crippen MR) is 124 cm³/mol. The third-order valence-electron chi connectivity index (χ3n) is 5.44. The van der Waals surface area contributed by atoms with Gasteiger partial charge in [-0.1, -0.05) is 121 Å². The summed E-state index contributed by atoms with van der Waals surface area (Å²) < 4.78 is 32.4. The molecule has 1 atom stereocenters. The summed E-state index contributed by atoms with van der Waals surface area (Å²) in [4.78, 5) is 13.8. The van der Waals surface area contributed by atoms with Crippen molar-refractivity contribution in [3.8, 4) is 0 Å². The molecule has 4 aromatic rings. The van der Waals surface area contributed by atoms with E-state index in [1.54, 1.807) is 103 Å². The lowest BCUT2D eigenvalue weighted by molar-refractivity contribution is 0.0824. The molecule has 0 fully saturated rings. The van der Waals surface area contributed by atoms with Gasteiger partial charge in [0.05, 0.1) is 0 Å². The number of rotatable bonds is 6. The van der Waals surface area contributed by atoms with Gasteiger partial charge in [0.15, 0.2) is 7.14 Å². The molecular formula is C27H22FO2P. The summed E-state index contributed by atoms with van der Waals surface area (Å²) >= 11 is 0. The van der Waals surface area contributed by atoms with Crippen LogP contribution in [0.4, 0.5) is 4.39 Å². The van der Waals surface area contributed by atoms with Gasteiger partial charge in [0, 0.05) is 21.7 Å². The fraction of sp³-hybridized carbons (Fsp3) is 0.0741. The number of ketones is 1. The first-order valence-corrected chi connectivity index (χ1v) is 11.8. The highest BCUT2D eigenvalue weighted by atomic mass is 31.2. The Bertz CT molecular complexity index is 1180. The Balaban J connectivity index is 2.06. The number of hydrogen-bond acceptors (Lipinski definition) is 2. The Kier molecular flexibility index (Phi) is 5.71. The molecule has 0 aliphatic rings. The Morgan fingerprint density at radius 2 is 1.10 bits per heavy atom. The van der Waals surface area contributed by atoms with Crippen LogP contribution in [0, 0.1) is 6.92 Å². The fourth-order valence-corrected chi connectivity index (χ4v) is 6.91. The molecule has 4 rings (SSSR count). The van der Waals surface area contributed by atoms with E-state index in [1.807, 2.05) is 6.92 Å². The van der Waals surface area contributed by atoms with Gasteiger partial charge in [-0.3, -0.25) is 4.79 Å². The molecule has 0 aliphatic carbocycles. The van der Waals surface area contributed by atoms with Crippen molar-refractivity contribution in [2.45, 2.75) is 12.3 Å².